The molecule has 9 heteroatoms. The number of fused-ring (bicyclic) bond motifs is 1. The lowest BCUT2D eigenvalue weighted by Crippen LogP contribution is -2.52. The zero-order valence-electron chi connectivity index (χ0n) is 13.6. The Morgan fingerprint density at radius 1 is 1.46 bits per heavy atom. The standard InChI is InChI=1S/C15H18N4O5/c1-4-7-15(2,14(21)24-3)16-13(20)12-10-8-9(19(22)23)5-6-11(10)17-18-12/h5-6,8H,4,7H2,1-3H3,(H,16,20)(H,17,18). The Kier molecular flexibility index (Phi) is 4.82. The largest absolute Gasteiger partial charge is 0.467 e. The molecular weight excluding hydrogens is 316 g/mol. The molecular formula is C15H18N4O5. The van der Waals surface area contributed by atoms with Gasteiger partial charge in [-0.3, -0.25) is 20.0 Å². The van der Waals surface area contributed by atoms with Gasteiger partial charge in [0.1, 0.15) is 5.54 Å². The van der Waals surface area contributed by atoms with Crippen molar-refractivity contribution in [3.63, 3.8) is 0 Å². The lowest BCUT2D eigenvalue weighted by molar-refractivity contribution is -0.384. The van der Waals surface area contributed by atoms with E-state index in [1.807, 2.05) is 6.92 Å². The number of hydrogen-bond donors (Lipinski definition) is 2. The molecule has 0 saturated heterocycles. The van der Waals surface area contributed by atoms with Crippen LogP contribution in [0.5, 0.6) is 0 Å². The topological polar surface area (TPSA) is 127 Å². The third kappa shape index (κ3) is 3.19. The molecule has 1 unspecified atom stereocenters. The Morgan fingerprint density at radius 3 is 2.75 bits per heavy atom. The van der Waals surface area contributed by atoms with Crippen LogP contribution in [-0.2, 0) is 9.53 Å². The molecule has 0 bridgehead atoms. The average molecular weight is 334 g/mol. The molecule has 128 valence electrons. The number of non-ortho nitro benzene ring substituents is 1. The molecule has 0 fully saturated rings. The number of carbonyl (C=O) groups excluding carboxylic acids is 2. The van der Waals surface area contributed by atoms with Crippen molar-refractivity contribution in [1.82, 2.24) is 15.5 Å². The summed E-state index contributed by atoms with van der Waals surface area (Å²) in [5, 5.41) is 20.4. The number of benzene rings is 1. The molecule has 24 heavy (non-hydrogen) atoms. The highest BCUT2D eigenvalue weighted by Crippen LogP contribution is 2.23. The van der Waals surface area contributed by atoms with Crippen molar-refractivity contribution in [2.24, 2.45) is 0 Å². The number of nitrogens with zero attached hydrogens (tertiary/aromatic N) is 2. The number of nitrogens with one attached hydrogen (secondary N) is 2. The smallest absolute Gasteiger partial charge is 0.331 e. The summed E-state index contributed by atoms with van der Waals surface area (Å²) in [6, 6.07) is 4.06. The maximum absolute atomic E-state index is 12.5. The van der Waals surface area contributed by atoms with Crippen LogP contribution >= 0.6 is 0 Å². The van der Waals surface area contributed by atoms with E-state index >= 15 is 0 Å². The van der Waals surface area contributed by atoms with Gasteiger partial charge in [0, 0.05) is 17.5 Å². The predicted molar refractivity (Wildman–Crippen MR) is 85.5 cm³/mol. The Balaban J connectivity index is 2.38. The van der Waals surface area contributed by atoms with Gasteiger partial charge in [0.25, 0.3) is 11.6 Å². The number of nitro benzene ring substituents is 1. The lowest BCUT2D eigenvalue weighted by Gasteiger charge is -2.27. The van der Waals surface area contributed by atoms with E-state index in [4.69, 9.17) is 4.74 Å². The molecule has 1 aromatic carbocycles. The number of amides is 1. The Hall–Kier alpha value is -2.97. The van der Waals surface area contributed by atoms with Crippen LogP contribution < -0.4 is 5.32 Å². The maximum atomic E-state index is 12.5. The predicted octanol–water partition coefficient (Wildman–Crippen LogP) is 1.93. The average Bonchev–Trinajstić information content (AvgIpc) is 2.97. The summed E-state index contributed by atoms with van der Waals surface area (Å²) in [7, 11) is 1.25. The van der Waals surface area contributed by atoms with Gasteiger partial charge >= 0.3 is 5.97 Å². The number of aromatic amines is 1. The second-order valence-electron chi connectivity index (χ2n) is 5.59. The van der Waals surface area contributed by atoms with Crippen LogP contribution in [0.15, 0.2) is 18.2 Å². The number of aromatic nitrogens is 2. The number of carbonyl (C=O) groups is 2. The van der Waals surface area contributed by atoms with E-state index in [-0.39, 0.29) is 11.4 Å². The fourth-order valence-corrected chi connectivity index (χ4v) is 2.54. The Morgan fingerprint density at radius 2 is 2.17 bits per heavy atom. The fourth-order valence-electron chi connectivity index (χ4n) is 2.54. The van der Waals surface area contributed by atoms with Gasteiger partial charge in [-0.2, -0.15) is 5.10 Å². The Bertz CT molecular complexity index is 800. The van der Waals surface area contributed by atoms with Gasteiger partial charge in [0.05, 0.1) is 17.5 Å². The van der Waals surface area contributed by atoms with E-state index in [1.54, 1.807) is 6.92 Å². The van der Waals surface area contributed by atoms with Gasteiger partial charge in [-0.15, -0.1) is 0 Å². The minimum absolute atomic E-state index is 0.0140. The number of nitro groups is 1. The van der Waals surface area contributed by atoms with E-state index in [0.29, 0.717) is 23.7 Å². The third-order valence-electron chi connectivity index (χ3n) is 3.75. The number of H-pyrrole nitrogens is 1. The first kappa shape index (κ1) is 17.4. The van der Waals surface area contributed by atoms with Crippen molar-refractivity contribution in [2.75, 3.05) is 7.11 Å². The summed E-state index contributed by atoms with van der Waals surface area (Å²) in [6.45, 7) is 3.44. The molecule has 2 N–H and O–H groups in total. The quantitative estimate of drug-likeness (QED) is 0.472. The number of methoxy groups -OCH3 is 1. The highest BCUT2D eigenvalue weighted by Gasteiger charge is 2.36. The normalized spacial score (nSPS) is 13.3. The van der Waals surface area contributed by atoms with Crippen molar-refractivity contribution in [1.29, 1.82) is 0 Å². The van der Waals surface area contributed by atoms with Crippen LogP contribution in [-0.4, -0.2) is 39.6 Å². The minimum Gasteiger partial charge on any atom is -0.467 e. The van der Waals surface area contributed by atoms with Crippen LogP contribution in [0.3, 0.4) is 0 Å². The van der Waals surface area contributed by atoms with Gasteiger partial charge in [-0.05, 0) is 19.4 Å². The molecule has 1 atom stereocenters. The maximum Gasteiger partial charge on any atom is 0.331 e. The lowest BCUT2D eigenvalue weighted by atomic mass is 9.96. The molecule has 1 amide bonds. The molecule has 9 nitrogen and oxygen atoms in total. The number of hydrogen-bond acceptors (Lipinski definition) is 6. The summed E-state index contributed by atoms with van der Waals surface area (Å²) in [6.07, 6.45) is 1.03. The third-order valence-corrected chi connectivity index (χ3v) is 3.75. The summed E-state index contributed by atoms with van der Waals surface area (Å²) in [5.41, 5.74) is -0.879. The molecule has 0 aliphatic heterocycles. The molecule has 0 aliphatic carbocycles. The van der Waals surface area contributed by atoms with Crippen molar-refractivity contribution in [3.05, 3.63) is 34.0 Å². The number of rotatable bonds is 6. The summed E-state index contributed by atoms with van der Waals surface area (Å²) >= 11 is 0. The first-order valence-electron chi connectivity index (χ1n) is 7.36. The van der Waals surface area contributed by atoms with Crippen molar-refractivity contribution >= 4 is 28.5 Å². The van der Waals surface area contributed by atoms with Crippen LogP contribution in [0, 0.1) is 10.1 Å². The van der Waals surface area contributed by atoms with Crippen LogP contribution in [0.4, 0.5) is 5.69 Å². The summed E-state index contributed by atoms with van der Waals surface area (Å²) in [4.78, 5) is 34.9. The highest BCUT2D eigenvalue weighted by molar-refractivity contribution is 6.06. The number of ether oxygens (including phenoxy) is 1. The molecule has 1 aromatic heterocycles. The monoisotopic (exact) mass is 334 g/mol. The van der Waals surface area contributed by atoms with Crippen molar-refractivity contribution in [2.45, 2.75) is 32.2 Å². The van der Waals surface area contributed by atoms with Gasteiger partial charge < -0.3 is 10.1 Å². The number of esters is 1. The zero-order valence-corrected chi connectivity index (χ0v) is 13.6. The van der Waals surface area contributed by atoms with E-state index < -0.39 is 22.3 Å². The SMILES string of the molecule is CCCC(C)(NC(=O)c1n[nH]c2ccc([N+](=O)[O-])cc12)C(=O)OC. The van der Waals surface area contributed by atoms with Crippen LogP contribution in [0.1, 0.15) is 37.2 Å². The summed E-state index contributed by atoms with van der Waals surface area (Å²) in [5.74, 6) is -1.17. The van der Waals surface area contributed by atoms with E-state index in [2.05, 4.69) is 15.5 Å². The van der Waals surface area contributed by atoms with Crippen molar-refractivity contribution < 1.29 is 19.2 Å². The zero-order chi connectivity index (χ0) is 17.9. The molecule has 2 rings (SSSR count). The molecule has 2 aromatic rings. The fraction of sp³-hybridized carbons (Fsp3) is 0.400. The molecule has 1 heterocycles. The van der Waals surface area contributed by atoms with Crippen LogP contribution in [0.25, 0.3) is 10.9 Å². The van der Waals surface area contributed by atoms with E-state index in [1.165, 1.54) is 25.3 Å². The van der Waals surface area contributed by atoms with Gasteiger partial charge in [-0.1, -0.05) is 13.3 Å². The first-order valence-corrected chi connectivity index (χ1v) is 7.36. The second-order valence-corrected chi connectivity index (χ2v) is 5.59. The second kappa shape index (κ2) is 6.65. The molecule has 0 radical (unpaired) electrons. The van der Waals surface area contributed by atoms with Crippen molar-refractivity contribution in [3.8, 4) is 0 Å². The molecule has 0 spiro atoms. The summed E-state index contributed by atoms with van der Waals surface area (Å²) < 4.78 is 4.75. The highest BCUT2D eigenvalue weighted by atomic mass is 16.6. The minimum atomic E-state index is -1.20. The van der Waals surface area contributed by atoms with E-state index in [9.17, 15) is 19.7 Å². The van der Waals surface area contributed by atoms with E-state index in [0.717, 1.165) is 0 Å². The first-order chi connectivity index (χ1) is 11.3. The Labute approximate surface area is 137 Å². The van der Waals surface area contributed by atoms with Crippen LogP contribution in [0.2, 0.25) is 0 Å². The van der Waals surface area contributed by atoms with Gasteiger partial charge in [-0.25, -0.2) is 4.79 Å². The van der Waals surface area contributed by atoms with Gasteiger partial charge in [0.2, 0.25) is 0 Å². The van der Waals surface area contributed by atoms with Gasteiger partial charge in [0.15, 0.2) is 5.69 Å². The molecule has 0 aliphatic rings. The molecule has 0 saturated carbocycles.